The Morgan fingerprint density at radius 1 is 0.556 bits per heavy atom. The molecule has 197 valence electrons. The van der Waals surface area contributed by atoms with E-state index in [-0.39, 0.29) is 0 Å². The predicted octanol–water partition coefficient (Wildman–Crippen LogP) is 9.60. The monoisotopic (exact) mass is 567 g/mol. The quantitative estimate of drug-likeness (QED) is 0.169. The third kappa shape index (κ3) is 8.24. The van der Waals surface area contributed by atoms with Crippen LogP contribution in [0, 0.1) is 0 Å². The van der Waals surface area contributed by atoms with E-state index in [1.54, 1.807) is 15.6 Å². The van der Waals surface area contributed by atoms with Gasteiger partial charge in [-0.25, -0.2) is 0 Å². The molecule has 0 aromatic carbocycles. The van der Waals surface area contributed by atoms with Gasteiger partial charge in [-0.1, -0.05) is 147 Å². The van der Waals surface area contributed by atoms with E-state index in [0.29, 0.717) is 0 Å². The third-order valence-electron chi connectivity index (χ3n) is 9.44. The molecular weight excluding hydrogens is 517 g/mol. The van der Waals surface area contributed by atoms with Crippen LogP contribution in [0.3, 0.4) is 0 Å². The molecule has 0 fully saturated rings. The molecule has 6 heteroatoms. The Kier molecular flexibility index (Phi) is 10.9. The van der Waals surface area contributed by atoms with Gasteiger partial charge in [0, 0.05) is 0 Å². The molecular formula is C30H51OSi5. The molecule has 0 saturated heterocycles. The smallest absolute Gasteiger partial charge is 0.230 e. The van der Waals surface area contributed by atoms with Crippen molar-refractivity contribution in [3.63, 3.8) is 0 Å². The molecule has 0 spiro atoms. The van der Waals surface area contributed by atoms with Crippen molar-refractivity contribution in [1.29, 1.82) is 0 Å². The Morgan fingerprint density at radius 3 is 1.08 bits per heavy atom. The molecule has 0 aromatic heterocycles. The van der Waals surface area contributed by atoms with Gasteiger partial charge in [-0.05, 0) is 37.4 Å². The molecule has 3 aliphatic carbocycles. The molecule has 0 aromatic rings. The van der Waals surface area contributed by atoms with Gasteiger partial charge in [0.2, 0.25) is 10.5 Å². The average molecular weight is 568 g/mol. The van der Waals surface area contributed by atoms with Crippen molar-refractivity contribution in [2.24, 2.45) is 0 Å². The zero-order valence-electron chi connectivity index (χ0n) is 24.1. The molecule has 0 heterocycles. The minimum atomic E-state index is -1.81. The average Bonchev–Trinajstić information content (AvgIpc) is 3.61. The Morgan fingerprint density at radius 2 is 0.861 bits per heavy atom. The van der Waals surface area contributed by atoms with Crippen LogP contribution in [0.5, 0.6) is 0 Å². The van der Waals surface area contributed by atoms with Crippen LogP contribution < -0.4 is 0 Å². The predicted molar refractivity (Wildman–Crippen MR) is 173 cm³/mol. The van der Waals surface area contributed by atoms with Crippen molar-refractivity contribution in [2.75, 3.05) is 0 Å². The highest BCUT2D eigenvalue weighted by atomic mass is 28.4. The van der Waals surface area contributed by atoms with Gasteiger partial charge >= 0.3 is 0 Å². The SMILES string of the molecule is C[Si](C)(CCC[Si](CCC[Si](C)(C)C1=CC=CC1)(CCC[Si](C)(C)C1=CC=CC1)O[Si])C1=CC=CC1. The molecule has 1 nitrogen and oxygen atoms in total. The summed E-state index contributed by atoms with van der Waals surface area (Å²) in [6.45, 7) is 15.5. The van der Waals surface area contributed by atoms with E-state index in [9.17, 15) is 0 Å². The molecule has 3 radical (unpaired) electrons. The van der Waals surface area contributed by atoms with Gasteiger partial charge in [-0.3, -0.25) is 0 Å². The fraction of sp³-hybridized carbons (Fsp3) is 0.600. The maximum absolute atomic E-state index is 6.47. The van der Waals surface area contributed by atoms with Gasteiger partial charge in [-0.15, -0.1) is 0 Å². The zero-order chi connectivity index (χ0) is 26.3. The molecule has 0 bridgehead atoms. The first kappa shape index (κ1) is 30.0. The van der Waals surface area contributed by atoms with Gasteiger partial charge in [0.1, 0.15) is 0 Å². The van der Waals surface area contributed by atoms with Gasteiger partial charge in [0.05, 0.1) is 24.2 Å². The summed E-state index contributed by atoms with van der Waals surface area (Å²) in [5.74, 6) is 0. The number of hydrogen-bond donors (Lipinski definition) is 0. The third-order valence-corrected chi connectivity index (χ3v) is 26.1. The van der Waals surface area contributed by atoms with Crippen LogP contribution in [0.4, 0.5) is 0 Å². The Bertz CT molecular complexity index is 816. The molecule has 36 heavy (non-hydrogen) atoms. The lowest BCUT2D eigenvalue weighted by Crippen LogP contribution is -2.40. The topological polar surface area (TPSA) is 9.23 Å². The molecule has 0 saturated carbocycles. The van der Waals surface area contributed by atoms with Gasteiger partial charge < -0.3 is 4.12 Å². The summed E-state index contributed by atoms with van der Waals surface area (Å²) >= 11 is 0. The fourth-order valence-electron chi connectivity index (χ4n) is 6.41. The standard InChI is InChI=1S/C30H51OSi5/c1-33(2,28-16-7-8-17-28)22-13-25-36(31-32,26-14-23-34(3,4)29-18-9-10-19-29)27-15-24-35(5,6)30-20-11-12-21-30/h7-12,16,18,20H,13-15,17,19,21-27H2,1-6H3. The summed E-state index contributed by atoms with van der Waals surface area (Å²) < 4.78 is 6.47. The largest absolute Gasteiger partial charge is 0.457 e. The van der Waals surface area contributed by atoms with E-state index in [2.05, 4.69) is 104 Å². The first-order valence-electron chi connectivity index (χ1n) is 14.4. The van der Waals surface area contributed by atoms with Crippen molar-refractivity contribution in [2.45, 2.75) is 114 Å². The molecule has 0 aliphatic heterocycles. The Hall–Kier alpha value is -0.516. The lowest BCUT2D eigenvalue weighted by molar-refractivity contribution is 0.567. The molecule has 0 atom stereocenters. The van der Waals surface area contributed by atoms with Crippen LogP contribution in [-0.2, 0) is 4.12 Å². The summed E-state index contributed by atoms with van der Waals surface area (Å²) in [6, 6.07) is 8.19. The lowest BCUT2D eigenvalue weighted by atomic mass is 10.5. The van der Waals surface area contributed by atoms with Crippen LogP contribution >= 0.6 is 0 Å². The second-order valence-corrected chi connectivity index (χ2v) is 32.9. The number of allylic oxidation sites excluding steroid dienone is 12. The van der Waals surface area contributed by atoms with Gasteiger partial charge in [0.15, 0.2) is 8.32 Å². The summed E-state index contributed by atoms with van der Waals surface area (Å²) in [5, 5.41) is 5.23. The minimum absolute atomic E-state index is 1.20. The number of rotatable bonds is 16. The first-order chi connectivity index (χ1) is 17.0. The molecule has 3 rings (SSSR count). The summed E-state index contributed by atoms with van der Waals surface area (Å²) in [5.41, 5.74) is 0. The summed E-state index contributed by atoms with van der Waals surface area (Å²) in [6.07, 6.45) is 28.7. The summed E-state index contributed by atoms with van der Waals surface area (Å²) in [4.78, 5) is 0. The van der Waals surface area contributed by atoms with Crippen LogP contribution in [0.15, 0.2) is 70.3 Å². The summed E-state index contributed by atoms with van der Waals surface area (Å²) in [7, 11) is -2.03. The second kappa shape index (κ2) is 13.0. The van der Waals surface area contributed by atoms with Crippen LogP contribution in [0.2, 0.25) is 75.5 Å². The van der Waals surface area contributed by atoms with E-state index < -0.39 is 32.5 Å². The fourth-order valence-corrected chi connectivity index (χ4v) is 19.7. The van der Waals surface area contributed by atoms with Crippen LogP contribution in [0.25, 0.3) is 0 Å². The molecule has 0 amide bonds. The zero-order valence-corrected chi connectivity index (χ0v) is 29.1. The van der Waals surface area contributed by atoms with E-state index in [4.69, 9.17) is 4.12 Å². The maximum atomic E-state index is 6.47. The van der Waals surface area contributed by atoms with Crippen molar-refractivity contribution in [3.8, 4) is 0 Å². The number of hydrogen-bond acceptors (Lipinski definition) is 1. The molecule has 3 aliphatic rings. The lowest BCUT2D eigenvalue weighted by Gasteiger charge is -2.35. The minimum Gasteiger partial charge on any atom is -0.457 e. The molecule has 0 unspecified atom stereocenters. The van der Waals surface area contributed by atoms with Crippen molar-refractivity contribution in [3.05, 3.63) is 70.3 Å². The highest BCUT2D eigenvalue weighted by Gasteiger charge is 2.36. The van der Waals surface area contributed by atoms with Crippen LogP contribution in [-0.4, -0.2) is 43.0 Å². The van der Waals surface area contributed by atoms with Crippen molar-refractivity contribution < 1.29 is 4.12 Å². The maximum Gasteiger partial charge on any atom is 0.230 e. The second-order valence-electron chi connectivity index (χ2n) is 13.5. The van der Waals surface area contributed by atoms with Gasteiger partial charge in [-0.2, -0.15) is 0 Å². The van der Waals surface area contributed by atoms with E-state index in [0.717, 1.165) is 0 Å². The normalized spacial score (nSPS) is 18.2. The highest BCUT2D eigenvalue weighted by Crippen LogP contribution is 2.37. The Labute approximate surface area is 230 Å². The highest BCUT2D eigenvalue weighted by molar-refractivity contribution is 6.86. The van der Waals surface area contributed by atoms with E-state index >= 15 is 0 Å². The van der Waals surface area contributed by atoms with Gasteiger partial charge in [0.25, 0.3) is 0 Å². The molecule has 0 N–H and O–H groups in total. The van der Waals surface area contributed by atoms with Crippen molar-refractivity contribution >= 4 is 43.0 Å². The van der Waals surface area contributed by atoms with E-state index in [1.165, 1.54) is 74.8 Å². The first-order valence-corrected chi connectivity index (χ1v) is 27.0. The van der Waals surface area contributed by atoms with Crippen molar-refractivity contribution in [1.82, 2.24) is 0 Å². The van der Waals surface area contributed by atoms with Crippen LogP contribution in [0.1, 0.15) is 38.5 Å². The van der Waals surface area contributed by atoms with E-state index in [1.807, 2.05) is 0 Å². The Balaban J connectivity index is 1.61.